The van der Waals surface area contributed by atoms with Gasteiger partial charge in [-0.05, 0) is 54.5 Å². The lowest BCUT2D eigenvalue weighted by molar-refractivity contribution is 0.647. The first-order valence-corrected chi connectivity index (χ1v) is 7.90. The van der Waals surface area contributed by atoms with Gasteiger partial charge in [0.15, 0.2) is 0 Å². The van der Waals surface area contributed by atoms with Crippen LogP contribution in [0.5, 0.6) is 0 Å². The van der Waals surface area contributed by atoms with Crippen molar-refractivity contribution in [2.24, 2.45) is 0 Å². The number of unbranched alkanes of at least 4 members (excludes halogenated alkanes) is 1. The van der Waals surface area contributed by atoms with Crippen LogP contribution in [0.1, 0.15) is 56.6 Å². The van der Waals surface area contributed by atoms with Gasteiger partial charge in [0.05, 0.1) is 0 Å². The van der Waals surface area contributed by atoms with Gasteiger partial charge in [-0.15, -0.1) is 0 Å². The van der Waals surface area contributed by atoms with E-state index in [-0.39, 0.29) is 0 Å². The third-order valence-electron chi connectivity index (χ3n) is 3.40. The molecule has 1 unspecified atom stereocenters. The fourth-order valence-electron chi connectivity index (χ4n) is 2.19. The topological polar surface area (TPSA) is 23.8 Å². The summed E-state index contributed by atoms with van der Waals surface area (Å²) in [4.78, 5) is 0. The average molecular weight is 261 g/mol. The third-order valence-corrected chi connectivity index (χ3v) is 3.96. The second-order valence-corrected chi connectivity index (χ2v) is 5.56. The summed E-state index contributed by atoms with van der Waals surface area (Å²) in [5.41, 5.74) is 2.87. The van der Waals surface area contributed by atoms with Crippen LogP contribution in [0.3, 0.4) is 0 Å². The molecule has 0 N–H and O–H groups in total. The number of hydrogen-bond acceptors (Lipinski definition) is 2. The van der Waals surface area contributed by atoms with Crippen LogP contribution in [0.15, 0.2) is 24.3 Å². The van der Waals surface area contributed by atoms with E-state index in [1.807, 2.05) is 0 Å². The van der Waals surface area contributed by atoms with Crippen LogP contribution in [0.25, 0.3) is 0 Å². The van der Waals surface area contributed by atoms with Crippen LogP contribution in [-0.2, 0) is 6.42 Å². The van der Waals surface area contributed by atoms with Crippen LogP contribution in [0, 0.1) is 10.7 Å². The maximum absolute atomic E-state index is 8.55. The lowest BCUT2D eigenvalue weighted by Gasteiger charge is -2.14. The van der Waals surface area contributed by atoms with E-state index in [1.54, 1.807) is 0 Å². The first-order valence-electron chi connectivity index (χ1n) is 6.91. The number of aryl methyl sites for hydroxylation is 1. The molecule has 1 atom stereocenters. The van der Waals surface area contributed by atoms with Crippen LogP contribution >= 0.6 is 11.8 Å². The molecule has 0 saturated carbocycles. The predicted molar refractivity (Wildman–Crippen MR) is 80.8 cm³/mol. The van der Waals surface area contributed by atoms with E-state index in [4.69, 9.17) is 5.26 Å². The van der Waals surface area contributed by atoms with Crippen molar-refractivity contribution in [3.8, 4) is 5.40 Å². The molecule has 0 saturated heterocycles. The molecule has 0 aliphatic carbocycles. The molecule has 0 spiro atoms. The zero-order chi connectivity index (χ0) is 13.2. The van der Waals surface area contributed by atoms with Crippen LogP contribution in [0.2, 0.25) is 0 Å². The summed E-state index contributed by atoms with van der Waals surface area (Å²) in [6, 6.07) is 9.09. The van der Waals surface area contributed by atoms with Crippen molar-refractivity contribution in [1.82, 2.24) is 0 Å². The molecule has 18 heavy (non-hydrogen) atoms. The molecule has 0 amide bonds. The standard InChI is InChI=1S/C16H23NS/c1-3-5-6-14-7-9-16(10-8-14)15(4-2)11-12-18-13-17/h7-10,15H,3-6,11-12H2,1-2H3. The van der Waals surface area contributed by atoms with E-state index in [0.29, 0.717) is 5.92 Å². The summed E-state index contributed by atoms with van der Waals surface area (Å²) in [5, 5.41) is 10.7. The van der Waals surface area contributed by atoms with Crippen molar-refractivity contribution in [3.63, 3.8) is 0 Å². The van der Waals surface area contributed by atoms with E-state index in [0.717, 1.165) is 18.6 Å². The quantitative estimate of drug-likeness (QED) is 0.478. The summed E-state index contributed by atoms with van der Waals surface area (Å²) in [6.45, 7) is 4.46. The van der Waals surface area contributed by atoms with Crippen LogP contribution in [0.4, 0.5) is 0 Å². The molecule has 0 fully saturated rings. The second kappa shape index (κ2) is 9.05. The summed E-state index contributed by atoms with van der Waals surface area (Å²) >= 11 is 1.37. The average Bonchev–Trinajstić information content (AvgIpc) is 2.42. The summed E-state index contributed by atoms with van der Waals surface area (Å²) < 4.78 is 0. The highest BCUT2D eigenvalue weighted by Gasteiger charge is 2.09. The fraction of sp³-hybridized carbons (Fsp3) is 0.562. The van der Waals surface area contributed by atoms with Gasteiger partial charge in [-0.1, -0.05) is 44.5 Å². The molecular weight excluding hydrogens is 238 g/mol. The van der Waals surface area contributed by atoms with Gasteiger partial charge in [-0.25, -0.2) is 0 Å². The molecule has 1 aromatic carbocycles. The van der Waals surface area contributed by atoms with Crippen molar-refractivity contribution < 1.29 is 0 Å². The Bertz CT molecular complexity index is 364. The second-order valence-electron chi connectivity index (χ2n) is 4.68. The summed E-state index contributed by atoms with van der Waals surface area (Å²) in [5.74, 6) is 1.54. The van der Waals surface area contributed by atoms with Gasteiger partial charge in [0.1, 0.15) is 5.40 Å². The lowest BCUT2D eigenvalue weighted by atomic mass is 9.93. The first kappa shape index (κ1) is 15.1. The molecule has 98 valence electrons. The van der Waals surface area contributed by atoms with Gasteiger partial charge >= 0.3 is 0 Å². The van der Waals surface area contributed by atoms with Gasteiger partial charge in [0.25, 0.3) is 0 Å². The Morgan fingerprint density at radius 2 is 1.94 bits per heavy atom. The van der Waals surface area contributed by atoms with Crippen molar-refractivity contribution in [3.05, 3.63) is 35.4 Å². The number of rotatable bonds is 8. The van der Waals surface area contributed by atoms with Crippen molar-refractivity contribution in [2.45, 2.75) is 51.9 Å². The van der Waals surface area contributed by atoms with Gasteiger partial charge in [0, 0.05) is 5.75 Å². The van der Waals surface area contributed by atoms with Crippen molar-refractivity contribution in [1.29, 1.82) is 5.26 Å². The van der Waals surface area contributed by atoms with Crippen LogP contribution < -0.4 is 0 Å². The molecule has 2 heteroatoms. The third kappa shape index (κ3) is 5.14. The van der Waals surface area contributed by atoms with Gasteiger partial charge < -0.3 is 0 Å². The summed E-state index contributed by atoms with van der Waals surface area (Å²) in [6.07, 6.45) is 5.97. The Hall–Kier alpha value is -0.940. The predicted octanol–water partition coefficient (Wildman–Crippen LogP) is 5.13. The molecule has 1 aromatic rings. The minimum absolute atomic E-state index is 0.603. The molecule has 0 aliphatic rings. The van der Waals surface area contributed by atoms with Crippen molar-refractivity contribution in [2.75, 3.05) is 5.75 Å². The van der Waals surface area contributed by atoms with Gasteiger partial charge in [-0.3, -0.25) is 0 Å². The smallest absolute Gasteiger partial charge is 0.133 e. The first-order chi connectivity index (χ1) is 8.81. The normalized spacial score (nSPS) is 12.1. The SMILES string of the molecule is CCCCc1ccc(C(CC)CCSC#N)cc1. The number of thiocyanates is 1. The Labute approximate surface area is 116 Å². The maximum Gasteiger partial charge on any atom is 0.133 e. The number of benzene rings is 1. The van der Waals surface area contributed by atoms with Gasteiger partial charge in [-0.2, -0.15) is 5.26 Å². The van der Waals surface area contributed by atoms with E-state index >= 15 is 0 Å². The van der Waals surface area contributed by atoms with E-state index in [1.165, 1.54) is 42.2 Å². The summed E-state index contributed by atoms with van der Waals surface area (Å²) in [7, 11) is 0. The monoisotopic (exact) mass is 261 g/mol. The molecule has 1 rings (SSSR count). The highest BCUT2D eigenvalue weighted by molar-refractivity contribution is 8.03. The van der Waals surface area contributed by atoms with Crippen molar-refractivity contribution >= 4 is 11.8 Å². The highest BCUT2D eigenvalue weighted by Crippen LogP contribution is 2.25. The fourth-order valence-corrected chi connectivity index (χ4v) is 2.68. The Kier molecular flexibility index (Phi) is 7.60. The van der Waals surface area contributed by atoms with Gasteiger partial charge in [0.2, 0.25) is 0 Å². The minimum Gasteiger partial charge on any atom is -0.185 e. The molecule has 0 bridgehead atoms. The molecule has 0 heterocycles. The lowest BCUT2D eigenvalue weighted by Crippen LogP contribution is -1.99. The molecule has 0 aliphatic heterocycles. The van der Waals surface area contributed by atoms with E-state index in [2.05, 4.69) is 43.5 Å². The van der Waals surface area contributed by atoms with E-state index in [9.17, 15) is 0 Å². The molecule has 0 radical (unpaired) electrons. The molecular formula is C16H23NS. The zero-order valence-electron chi connectivity index (χ0n) is 11.5. The minimum atomic E-state index is 0.603. The molecule has 0 aromatic heterocycles. The van der Waals surface area contributed by atoms with Crippen LogP contribution in [-0.4, -0.2) is 5.75 Å². The van der Waals surface area contributed by atoms with E-state index < -0.39 is 0 Å². The largest absolute Gasteiger partial charge is 0.185 e. The zero-order valence-corrected chi connectivity index (χ0v) is 12.3. The maximum atomic E-state index is 8.55. The molecule has 1 nitrogen and oxygen atoms in total. The highest BCUT2D eigenvalue weighted by atomic mass is 32.2. The number of nitrogens with zero attached hydrogens (tertiary/aromatic N) is 1. The number of hydrogen-bond donors (Lipinski definition) is 0. The Morgan fingerprint density at radius 3 is 2.50 bits per heavy atom. The number of thioether (sulfide) groups is 1. The number of nitriles is 1. The Balaban J connectivity index is 2.55. The Morgan fingerprint density at radius 1 is 1.22 bits per heavy atom.